The SMILES string of the molecule is COC(CNC(=O)c1cc(I)cc(I)c1I)OC. The standard InChI is InChI=1S/C11H12I3NO3/c1-17-9(18-2)5-15-11(16)7-3-6(12)4-8(13)10(7)14/h3-4,9H,5H2,1-2H3,(H,15,16). The first-order valence-corrected chi connectivity index (χ1v) is 8.21. The van der Waals surface area contributed by atoms with Gasteiger partial charge in [0.2, 0.25) is 0 Å². The van der Waals surface area contributed by atoms with Gasteiger partial charge in [-0.05, 0) is 79.9 Å². The quantitative estimate of drug-likeness (QED) is 0.328. The highest BCUT2D eigenvalue weighted by Crippen LogP contribution is 2.22. The molecule has 0 saturated carbocycles. The third-order valence-corrected chi connectivity index (χ3v) is 5.86. The van der Waals surface area contributed by atoms with Crippen LogP contribution in [0.5, 0.6) is 0 Å². The third kappa shape index (κ3) is 4.72. The summed E-state index contributed by atoms with van der Waals surface area (Å²) in [7, 11) is 3.08. The molecule has 0 saturated heterocycles. The van der Waals surface area contributed by atoms with E-state index < -0.39 is 6.29 Å². The van der Waals surface area contributed by atoms with Crippen molar-refractivity contribution < 1.29 is 14.3 Å². The molecule has 7 heteroatoms. The highest BCUT2D eigenvalue weighted by Gasteiger charge is 2.15. The van der Waals surface area contributed by atoms with Gasteiger partial charge in [-0.25, -0.2) is 0 Å². The fourth-order valence-corrected chi connectivity index (χ4v) is 3.66. The van der Waals surface area contributed by atoms with Gasteiger partial charge < -0.3 is 14.8 Å². The number of benzene rings is 1. The molecule has 0 atom stereocenters. The van der Waals surface area contributed by atoms with E-state index in [4.69, 9.17) is 9.47 Å². The molecule has 1 N–H and O–H groups in total. The molecule has 0 unspecified atom stereocenters. The molecule has 0 bridgehead atoms. The molecule has 1 rings (SSSR count). The molecule has 0 aliphatic carbocycles. The van der Waals surface area contributed by atoms with E-state index in [9.17, 15) is 4.79 Å². The Labute approximate surface area is 147 Å². The molecule has 0 aliphatic heterocycles. The Hall–Kier alpha value is 0.800. The van der Waals surface area contributed by atoms with Crippen molar-refractivity contribution in [3.05, 3.63) is 28.4 Å². The Morgan fingerprint density at radius 3 is 2.44 bits per heavy atom. The summed E-state index contributed by atoms with van der Waals surface area (Å²) in [6, 6.07) is 3.90. The normalized spacial score (nSPS) is 10.8. The van der Waals surface area contributed by atoms with Crippen molar-refractivity contribution >= 4 is 73.7 Å². The smallest absolute Gasteiger partial charge is 0.252 e. The number of methoxy groups -OCH3 is 2. The van der Waals surface area contributed by atoms with E-state index in [-0.39, 0.29) is 5.91 Å². The number of hydrogen-bond acceptors (Lipinski definition) is 3. The van der Waals surface area contributed by atoms with Crippen molar-refractivity contribution in [2.75, 3.05) is 20.8 Å². The van der Waals surface area contributed by atoms with Crippen LogP contribution in [-0.4, -0.2) is 33.0 Å². The minimum Gasteiger partial charge on any atom is -0.354 e. The second-order valence-corrected chi connectivity index (χ2v) is 6.85. The number of nitrogens with one attached hydrogen (secondary N) is 1. The number of halogens is 3. The maximum absolute atomic E-state index is 12.1. The van der Waals surface area contributed by atoms with E-state index in [1.165, 1.54) is 0 Å². The van der Waals surface area contributed by atoms with Crippen molar-refractivity contribution in [2.45, 2.75) is 6.29 Å². The van der Waals surface area contributed by atoms with Crippen LogP contribution < -0.4 is 5.32 Å². The largest absolute Gasteiger partial charge is 0.354 e. The molecule has 0 fully saturated rings. The first-order chi connectivity index (χ1) is 8.49. The molecule has 1 aromatic carbocycles. The minimum absolute atomic E-state index is 0.116. The van der Waals surface area contributed by atoms with Gasteiger partial charge in [-0.15, -0.1) is 0 Å². The third-order valence-electron chi connectivity index (χ3n) is 2.19. The molecule has 4 nitrogen and oxygen atoms in total. The van der Waals surface area contributed by atoms with Gasteiger partial charge in [-0.2, -0.15) is 0 Å². The van der Waals surface area contributed by atoms with E-state index in [0.717, 1.165) is 10.7 Å². The summed E-state index contributed by atoms with van der Waals surface area (Å²) in [5.41, 5.74) is 0.679. The van der Waals surface area contributed by atoms with Crippen molar-refractivity contribution in [3.8, 4) is 0 Å². The van der Waals surface area contributed by atoms with E-state index in [1.807, 2.05) is 12.1 Å². The van der Waals surface area contributed by atoms with Crippen LogP contribution in [0.2, 0.25) is 0 Å². The van der Waals surface area contributed by atoms with Crippen molar-refractivity contribution in [3.63, 3.8) is 0 Å². The first kappa shape index (κ1) is 16.9. The fraction of sp³-hybridized carbons (Fsp3) is 0.364. The minimum atomic E-state index is -0.423. The van der Waals surface area contributed by atoms with Gasteiger partial charge in [0, 0.05) is 24.9 Å². The van der Waals surface area contributed by atoms with Crippen LogP contribution in [0.3, 0.4) is 0 Å². The summed E-state index contributed by atoms with van der Waals surface area (Å²) in [5, 5.41) is 2.80. The van der Waals surface area contributed by atoms with Crippen molar-refractivity contribution in [2.24, 2.45) is 0 Å². The van der Waals surface area contributed by atoms with E-state index in [0.29, 0.717) is 12.1 Å². The van der Waals surface area contributed by atoms with E-state index in [2.05, 4.69) is 73.1 Å². The van der Waals surface area contributed by atoms with Gasteiger partial charge in [0.15, 0.2) is 6.29 Å². The lowest BCUT2D eigenvalue weighted by Gasteiger charge is -2.15. The fourth-order valence-electron chi connectivity index (χ4n) is 1.26. The topological polar surface area (TPSA) is 47.6 Å². The second-order valence-electron chi connectivity index (χ2n) is 3.36. The molecular formula is C11H12I3NO3. The predicted octanol–water partition coefficient (Wildman–Crippen LogP) is 2.85. The zero-order valence-electron chi connectivity index (χ0n) is 9.80. The van der Waals surface area contributed by atoms with E-state index >= 15 is 0 Å². The van der Waals surface area contributed by atoms with Crippen LogP contribution >= 0.6 is 67.8 Å². The van der Waals surface area contributed by atoms with Crippen LogP contribution in [-0.2, 0) is 9.47 Å². The summed E-state index contributed by atoms with van der Waals surface area (Å²) in [5.74, 6) is -0.116. The Balaban J connectivity index is 2.78. The number of hydrogen-bond donors (Lipinski definition) is 1. The van der Waals surface area contributed by atoms with Gasteiger partial charge in [0.1, 0.15) is 0 Å². The Morgan fingerprint density at radius 2 is 1.89 bits per heavy atom. The van der Waals surface area contributed by atoms with Crippen LogP contribution in [0.4, 0.5) is 0 Å². The lowest BCUT2D eigenvalue weighted by atomic mass is 10.2. The lowest BCUT2D eigenvalue weighted by molar-refractivity contribution is -0.0974. The summed E-state index contributed by atoms with van der Waals surface area (Å²) >= 11 is 6.60. The van der Waals surface area contributed by atoms with Gasteiger partial charge in [-0.1, -0.05) is 0 Å². The van der Waals surface area contributed by atoms with E-state index in [1.54, 1.807) is 14.2 Å². The van der Waals surface area contributed by atoms with Crippen LogP contribution in [0.25, 0.3) is 0 Å². The molecule has 0 spiro atoms. The summed E-state index contributed by atoms with van der Waals surface area (Å²) in [6.45, 7) is 0.323. The van der Waals surface area contributed by atoms with Crippen molar-refractivity contribution in [1.29, 1.82) is 0 Å². The molecular weight excluding hydrogens is 575 g/mol. The highest BCUT2D eigenvalue weighted by molar-refractivity contribution is 14.1. The number of ether oxygens (including phenoxy) is 2. The van der Waals surface area contributed by atoms with Crippen molar-refractivity contribution in [1.82, 2.24) is 5.32 Å². The molecule has 0 radical (unpaired) electrons. The van der Waals surface area contributed by atoms with Gasteiger partial charge in [0.25, 0.3) is 5.91 Å². The average molecular weight is 587 g/mol. The molecule has 18 heavy (non-hydrogen) atoms. The predicted molar refractivity (Wildman–Crippen MR) is 94.7 cm³/mol. The first-order valence-electron chi connectivity index (χ1n) is 4.98. The molecule has 0 heterocycles. The van der Waals surface area contributed by atoms with Gasteiger partial charge in [-0.3, -0.25) is 4.79 Å². The number of carbonyl (C=O) groups is 1. The molecule has 100 valence electrons. The molecule has 0 aromatic heterocycles. The number of rotatable bonds is 5. The monoisotopic (exact) mass is 587 g/mol. The summed E-state index contributed by atoms with van der Waals surface area (Å²) < 4.78 is 13.1. The number of carbonyl (C=O) groups excluding carboxylic acids is 1. The lowest BCUT2D eigenvalue weighted by Crippen LogP contribution is -2.34. The van der Waals surface area contributed by atoms with Crippen LogP contribution in [0, 0.1) is 10.7 Å². The van der Waals surface area contributed by atoms with Crippen LogP contribution in [0.1, 0.15) is 10.4 Å². The number of amides is 1. The Morgan fingerprint density at radius 1 is 1.28 bits per heavy atom. The maximum atomic E-state index is 12.1. The Kier molecular flexibility index (Phi) is 7.65. The summed E-state index contributed by atoms with van der Waals surface area (Å²) in [6.07, 6.45) is -0.423. The zero-order chi connectivity index (χ0) is 13.7. The van der Waals surface area contributed by atoms with Gasteiger partial charge in [0.05, 0.1) is 12.1 Å². The molecule has 0 aliphatic rings. The van der Waals surface area contributed by atoms with Crippen LogP contribution in [0.15, 0.2) is 12.1 Å². The highest BCUT2D eigenvalue weighted by atomic mass is 127. The summed E-state index contributed by atoms with van der Waals surface area (Å²) in [4.78, 5) is 12.1. The Bertz CT molecular complexity index is 436. The zero-order valence-corrected chi connectivity index (χ0v) is 16.3. The van der Waals surface area contributed by atoms with Gasteiger partial charge >= 0.3 is 0 Å². The molecule has 1 amide bonds. The maximum Gasteiger partial charge on any atom is 0.252 e. The molecule has 1 aromatic rings. The second kappa shape index (κ2) is 8.17. The average Bonchev–Trinajstić information content (AvgIpc) is 2.34.